The third-order valence-corrected chi connectivity index (χ3v) is 3.82. The van der Waals surface area contributed by atoms with Gasteiger partial charge >= 0.3 is 11.9 Å². The van der Waals surface area contributed by atoms with Crippen LogP contribution in [0, 0.1) is 13.8 Å². The fourth-order valence-electron chi connectivity index (χ4n) is 2.52. The molecule has 6 heteroatoms. The number of benzene rings is 2. The van der Waals surface area contributed by atoms with E-state index in [1.165, 1.54) is 23.3 Å². The van der Waals surface area contributed by atoms with Gasteiger partial charge in [-0.15, -0.1) is 0 Å². The lowest BCUT2D eigenvalue weighted by Crippen LogP contribution is -2.11. The van der Waals surface area contributed by atoms with Gasteiger partial charge < -0.3 is 20.3 Å². The second-order valence-electron chi connectivity index (χ2n) is 5.72. The van der Waals surface area contributed by atoms with Gasteiger partial charge in [-0.05, 0) is 49.6 Å². The van der Waals surface area contributed by atoms with Crippen LogP contribution in [0.2, 0.25) is 0 Å². The van der Waals surface area contributed by atoms with Gasteiger partial charge in [0, 0.05) is 12.2 Å². The Hall–Kier alpha value is -3.02. The van der Waals surface area contributed by atoms with E-state index < -0.39 is 11.9 Å². The number of anilines is 1. The zero-order valence-electron chi connectivity index (χ0n) is 14.2. The first-order chi connectivity index (χ1) is 11.9. The molecule has 0 bridgehead atoms. The molecule has 0 aromatic heterocycles. The van der Waals surface area contributed by atoms with Crippen LogP contribution in [0.15, 0.2) is 36.4 Å². The number of aromatic carboxylic acids is 2. The fourth-order valence-corrected chi connectivity index (χ4v) is 2.52. The number of carboxylic acids is 2. The van der Waals surface area contributed by atoms with Crippen LogP contribution in [0.1, 0.15) is 38.3 Å². The summed E-state index contributed by atoms with van der Waals surface area (Å²) in [5, 5.41) is 21.5. The summed E-state index contributed by atoms with van der Waals surface area (Å²) < 4.78 is 5.52. The van der Waals surface area contributed by atoms with Crippen molar-refractivity contribution in [1.82, 2.24) is 0 Å². The molecule has 25 heavy (non-hydrogen) atoms. The number of hydrogen-bond acceptors (Lipinski definition) is 4. The van der Waals surface area contributed by atoms with E-state index in [1.807, 2.05) is 32.0 Å². The molecule has 0 aliphatic carbocycles. The number of rotatable bonds is 8. The van der Waals surface area contributed by atoms with Gasteiger partial charge in [0.2, 0.25) is 0 Å². The molecule has 132 valence electrons. The van der Waals surface area contributed by atoms with Crippen molar-refractivity contribution in [3.63, 3.8) is 0 Å². The van der Waals surface area contributed by atoms with Gasteiger partial charge in [0.25, 0.3) is 0 Å². The topological polar surface area (TPSA) is 95.9 Å². The normalized spacial score (nSPS) is 10.3. The Morgan fingerprint density at radius 1 is 1.04 bits per heavy atom. The van der Waals surface area contributed by atoms with Crippen LogP contribution in [0.4, 0.5) is 5.69 Å². The number of nitrogens with one attached hydrogen (secondary N) is 1. The summed E-state index contributed by atoms with van der Waals surface area (Å²) in [4.78, 5) is 22.2. The van der Waals surface area contributed by atoms with E-state index in [2.05, 4.69) is 5.32 Å². The van der Waals surface area contributed by atoms with Crippen molar-refractivity contribution in [2.45, 2.75) is 20.3 Å². The van der Waals surface area contributed by atoms with Gasteiger partial charge in [-0.1, -0.05) is 18.2 Å². The molecule has 0 unspecified atom stereocenters. The van der Waals surface area contributed by atoms with Crippen LogP contribution in [-0.2, 0) is 0 Å². The standard InChI is InChI=1S/C19H21NO5/c1-12-5-3-6-13(2)17(12)20-9-4-10-25-16-8-7-14(18(21)22)11-15(16)19(23)24/h3,5-8,11,20H,4,9-10H2,1-2H3,(H,21,22)(H,23,24). The summed E-state index contributed by atoms with van der Waals surface area (Å²) in [5.74, 6) is -2.22. The highest BCUT2D eigenvalue weighted by Crippen LogP contribution is 2.21. The Morgan fingerprint density at radius 2 is 1.72 bits per heavy atom. The Labute approximate surface area is 146 Å². The predicted octanol–water partition coefficient (Wildman–Crippen LogP) is 3.58. The van der Waals surface area contributed by atoms with Gasteiger partial charge in [0.1, 0.15) is 11.3 Å². The summed E-state index contributed by atoms with van der Waals surface area (Å²) >= 11 is 0. The van der Waals surface area contributed by atoms with Crippen molar-refractivity contribution in [2.75, 3.05) is 18.5 Å². The van der Waals surface area contributed by atoms with Crippen molar-refractivity contribution in [1.29, 1.82) is 0 Å². The second-order valence-corrected chi connectivity index (χ2v) is 5.72. The molecule has 6 nitrogen and oxygen atoms in total. The zero-order valence-corrected chi connectivity index (χ0v) is 14.2. The highest BCUT2D eigenvalue weighted by atomic mass is 16.5. The summed E-state index contributed by atoms with van der Waals surface area (Å²) in [6.45, 7) is 5.08. The van der Waals surface area contributed by atoms with Crippen molar-refractivity contribution >= 4 is 17.6 Å². The maximum Gasteiger partial charge on any atom is 0.339 e. The number of ether oxygens (including phenoxy) is 1. The minimum absolute atomic E-state index is 0.0820. The summed E-state index contributed by atoms with van der Waals surface area (Å²) in [7, 11) is 0. The van der Waals surface area contributed by atoms with Crippen molar-refractivity contribution in [3.05, 3.63) is 58.7 Å². The van der Waals surface area contributed by atoms with E-state index in [0.717, 1.165) is 11.8 Å². The van der Waals surface area contributed by atoms with E-state index in [0.29, 0.717) is 19.6 Å². The van der Waals surface area contributed by atoms with E-state index >= 15 is 0 Å². The summed E-state index contributed by atoms with van der Waals surface area (Å²) in [6.07, 6.45) is 0.674. The Morgan fingerprint density at radius 3 is 2.32 bits per heavy atom. The number of para-hydroxylation sites is 1. The molecule has 0 atom stereocenters. The van der Waals surface area contributed by atoms with Crippen LogP contribution in [-0.4, -0.2) is 35.3 Å². The van der Waals surface area contributed by atoms with Crippen molar-refractivity contribution < 1.29 is 24.5 Å². The molecule has 0 aliphatic heterocycles. The quantitative estimate of drug-likeness (QED) is 0.634. The highest BCUT2D eigenvalue weighted by Gasteiger charge is 2.15. The molecule has 3 N–H and O–H groups in total. The van der Waals surface area contributed by atoms with E-state index in [-0.39, 0.29) is 16.9 Å². The molecule has 0 heterocycles. The van der Waals surface area contributed by atoms with Gasteiger partial charge in [-0.2, -0.15) is 0 Å². The van der Waals surface area contributed by atoms with E-state index in [4.69, 9.17) is 9.84 Å². The second kappa shape index (κ2) is 8.19. The fraction of sp³-hybridized carbons (Fsp3) is 0.263. The Balaban J connectivity index is 1.91. The van der Waals surface area contributed by atoms with Crippen LogP contribution >= 0.6 is 0 Å². The smallest absolute Gasteiger partial charge is 0.339 e. The minimum atomic E-state index is -1.22. The van der Waals surface area contributed by atoms with Crippen molar-refractivity contribution in [2.24, 2.45) is 0 Å². The van der Waals surface area contributed by atoms with Gasteiger partial charge in [0.15, 0.2) is 0 Å². The molecular formula is C19H21NO5. The lowest BCUT2D eigenvalue weighted by molar-refractivity contribution is 0.0692. The van der Waals surface area contributed by atoms with Crippen LogP contribution < -0.4 is 10.1 Å². The average Bonchev–Trinajstić information content (AvgIpc) is 2.56. The zero-order chi connectivity index (χ0) is 18.4. The molecule has 0 radical (unpaired) electrons. The first-order valence-corrected chi connectivity index (χ1v) is 7.93. The van der Waals surface area contributed by atoms with E-state index in [9.17, 15) is 14.7 Å². The first-order valence-electron chi connectivity index (χ1n) is 7.93. The largest absolute Gasteiger partial charge is 0.493 e. The molecule has 0 aliphatic rings. The number of carbonyl (C=O) groups is 2. The Kier molecular flexibility index (Phi) is 6.00. The van der Waals surface area contributed by atoms with Crippen LogP contribution in [0.3, 0.4) is 0 Å². The molecule has 0 saturated carbocycles. The number of carboxylic acid groups (broad SMARTS) is 2. The molecule has 2 aromatic carbocycles. The molecule has 0 saturated heterocycles. The Bertz CT molecular complexity index is 765. The lowest BCUT2D eigenvalue weighted by atomic mass is 10.1. The first kappa shape index (κ1) is 18.3. The third-order valence-electron chi connectivity index (χ3n) is 3.82. The maximum atomic E-state index is 11.3. The third kappa shape index (κ3) is 4.73. The molecule has 2 aromatic rings. The van der Waals surface area contributed by atoms with Gasteiger partial charge in [-0.3, -0.25) is 0 Å². The molecule has 0 spiro atoms. The molecule has 0 fully saturated rings. The van der Waals surface area contributed by atoms with Crippen LogP contribution in [0.5, 0.6) is 5.75 Å². The number of aryl methyl sites for hydroxylation is 2. The predicted molar refractivity (Wildman–Crippen MR) is 94.9 cm³/mol. The summed E-state index contributed by atoms with van der Waals surface area (Å²) in [6, 6.07) is 9.90. The van der Waals surface area contributed by atoms with Gasteiger partial charge in [0.05, 0.1) is 12.2 Å². The average molecular weight is 343 g/mol. The SMILES string of the molecule is Cc1cccc(C)c1NCCCOc1ccc(C(=O)O)cc1C(=O)O. The summed E-state index contributed by atoms with van der Waals surface area (Å²) in [5.41, 5.74) is 3.19. The molecule has 2 rings (SSSR count). The van der Waals surface area contributed by atoms with E-state index in [1.54, 1.807) is 0 Å². The molecule has 0 amide bonds. The maximum absolute atomic E-state index is 11.3. The lowest BCUT2D eigenvalue weighted by Gasteiger charge is -2.13. The highest BCUT2D eigenvalue weighted by molar-refractivity contribution is 5.95. The van der Waals surface area contributed by atoms with Gasteiger partial charge in [-0.25, -0.2) is 9.59 Å². The number of hydrogen-bond donors (Lipinski definition) is 3. The van der Waals surface area contributed by atoms with Crippen LogP contribution in [0.25, 0.3) is 0 Å². The monoisotopic (exact) mass is 343 g/mol. The molecular weight excluding hydrogens is 322 g/mol. The van der Waals surface area contributed by atoms with Crippen molar-refractivity contribution in [3.8, 4) is 5.75 Å². The minimum Gasteiger partial charge on any atom is -0.493 e.